The fraction of sp³-hybridized carbons (Fsp3) is 0.105. The Bertz CT molecular complexity index is 1800. The summed E-state index contributed by atoms with van der Waals surface area (Å²) in [6.45, 7) is 2.38. The molecule has 0 atom stereocenters. The van der Waals surface area contributed by atoms with Crippen LogP contribution >= 0.6 is 15.9 Å². The monoisotopic (exact) mass is 640 g/mol. The molecule has 0 unspecified atom stereocenters. The van der Waals surface area contributed by atoms with Crippen LogP contribution in [0.25, 0.3) is 0 Å². The van der Waals surface area contributed by atoms with E-state index in [0.717, 1.165) is 27.9 Å². The van der Waals surface area contributed by atoms with E-state index in [1.54, 1.807) is 0 Å². The van der Waals surface area contributed by atoms with Gasteiger partial charge in [-0.05, 0) is 80.5 Å². The van der Waals surface area contributed by atoms with Crippen LogP contribution < -0.4 is 4.90 Å². The van der Waals surface area contributed by atoms with Crippen LogP contribution in [0, 0.1) is 17.1 Å². The maximum Gasteiger partial charge on any atom is 0.212 e. The fourth-order valence-electron chi connectivity index (χ4n) is 5.91. The molecule has 0 bridgehead atoms. The van der Waals surface area contributed by atoms with Crippen molar-refractivity contribution < 1.29 is 4.39 Å². The third-order valence-electron chi connectivity index (χ3n) is 7.98. The van der Waals surface area contributed by atoms with E-state index in [1.165, 1.54) is 6.07 Å². The summed E-state index contributed by atoms with van der Waals surface area (Å²) in [7, 11) is 0. The molecule has 0 aliphatic carbocycles. The van der Waals surface area contributed by atoms with Crippen molar-refractivity contribution in [1.29, 1.82) is 5.26 Å². The van der Waals surface area contributed by atoms with Crippen LogP contribution in [0.5, 0.6) is 0 Å². The number of nitriles is 1. The highest BCUT2D eigenvalue weighted by Crippen LogP contribution is 2.45. The van der Waals surface area contributed by atoms with Gasteiger partial charge in [-0.3, -0.25) is 4.57 Å². The summed E-state index contributed by atoms with van der Waals surface area (Å²) in [5, 5.41) is 9.51. The molecule has 1 heterocycles. The van der Waals surface area contributed by atoms with Gasteiger partial charge in [0, 0.05) is 11.9 Å². The van der Waals surface area contributed by atoms with E-state index in [2.05, 4.69) is 104 Å². The van der Waals surface area contributed by atoms with Crippen LogP contribution in [0.3, 0.4) is 0 Å². The maximum absolute atomic E-state index is 14.6. The minimum atomic E-state index is -0.805. The van der Waals surface area contributed by atoms with Crippen LogP contribution in [0.1, 0.15) is 40.3 Å². The first-order valence-corrected chi connectivity index (χ1v) is 15.3. The van der Waals surface area contributed by atoms with Gasteiger partial charge in [0.1, 0.15) is 16.0 Å². The summed E-state index contributed by atoms with van der Waals surface area (Å²) in [5.41, 5.74) is 5.44. The van der Waals surface area contributed by atoms with Gasteiger partial charge in [-0.2, -0.15) is 5.26 Å². The molecule has 6 heteroatoms. The highest BCUT2D eigenvalue weighted by Gasteiger charge is 2.41. The van der Waals surface area contributed by atoms with Crippen molar-refractivity contribution in [3.63, 3.8) is 0 Å². The van der Waals surface area contributed by atoms with E-state index in [1.807, 2.05) is 67.7 Å². The number of imidazole rings is 1. The van der Waals surface area contributed by atoms with Crippen molar-refractivity contribution >= 4 is 27.6 Å². The highest BCUT2D eigenvalue weighted by molar-refractivity contribution is 9.10. The molecule has 4 nitrogen and oxygen atoms in total. The standard InChI is InChI=1S/C38H30BrFN4/c1-2-30-24-29(20-23-35(30)40)26-43(34-21-18-28(25-41)19-22-34)37-42-36(39)27-44(37)38(31-12-6-3-7-13-31,32-14-8-4-9-15-32)33-16-10-5-11-17-33/h3-24,27H,2,26H2,1H3. The van der Waals surface area contributed by atoms with Crippen molar-refractivity contribution in [3.05, 3.63) is 183 Å². The molecule has 0 spiro atoms. The van der Waals surface area contributed by atoms with Crippen LogP contribution in [-0.4, -0.2) is 9.55 Å². The first-order valence-electron chi connectivity index (χ1n) is 14.5. The van der Waals surface area contributed by atoms with Gasteiger partial charge in [0.15, 0.2) is 0 Å². The largest absolute Gasteiger partial charge is 0.307 e. The Morgan fingerprint density at radius 3 is 1.84 bits per heavy atom. The number of halogens is 2. The smallest absolute Gasteiger partial charge is 0.212 e. The topological polar surface area (TPSA) is 44.9 Å². The molecule has 0 saturated heterocycles. The Labute approximate surface area is 265 Å². The molecule has 6 aromatic rings. The number of rotatable bonds is 9. The number of nitrogens with zero attached hydrogens (tertiary/aromatic N) is 4. The zero-order valence-electron chi connectivity index (χ0n) is 24.2. The molecule has 44 heavy (non-hydrogen) atoms. The zero-order chi connectivity index (χ0) is 30.5. The lowest BCUT2D eigenvalue weighted by Gasteiger charge is -2.40. The number of hydrogen-bond acceptors (Lipinski definition) is 3. The number of benzene rings is 5. The second-order valence-corrected chi connectivity index (χ2v) is 11.4. The van der Waals surface area contributed by atoms with Crippen molar-refractivity contribution in [2.75, 3.05) is 4.90 Å². The van der Waals surface area contributed by atoms with E-state index in [-0.39, 0.29) is 5.82 Å². The molecule has 6 rings (SSSR count). The van der Waals surface area contributed by atoms with E-state index in [0.29, 0.717) is 34.6 Å². The Morgan fingerprint density at radius 2 is 1.34 bits per heavy atom. The number of aryl methyl sites for hydroxylation is 1. The lowest BCUT2D eigenvalue weighted by molar-refractivity contribution is 0.513. The first kappa shape index (κ1) is 29.1. The van der Waals surface area contributed by atoms with Crippen LogP contribution in [0.15, 0.2) is 144 Å². The van der Waals surface area contributed by atoms with Gasteiger partial charge in [0.25, 0.3) is 0 Å². The molecule has 0 aliphatic heterocycles. The first-order chi connectivity index (χ1) is 21.5. The molecular formula is C38H30BrFN4. The van der Waals surface area contributed by atoms with Crippen molar-refractivity contribution in [3.8, 4) is 6.07 Å². The minimum Gasteiger partial charge on any atom is -0.307 e. The highest BCUT2D eigenvalue weighted by atomic mass is 79.9. The van der Waals surface area contributed by atoms with Crippen molar-refractivity contribution in [2.45, 2.75) is 25.4 Å². The van der Waals surface area contributed by atoms with Gasteiger partial charge in [-0.25, -0.2) is 9.37 Å². The van der Waals surface area contributed by atoms with E-state index >= 15 is 0 Å². The molecule has 0 N–H and O–H groups in total. The lowest BCUT2D eigenvalue weighted by atomic mass is 9.76. The second-order valence-electron chi connectivity index (χ2n) is 10.6. The molecular weight excluding hydrogens is 611 g/mol. The maximum atomic E-state index is 14.6. The Hall–Kier alpha value is -4.99. The molecule has 5 aromatic carbocycles. The van der Waals surface area contributed by atoms with Crippen molar-refractivity contribution in [2.24, 2.45) is 0 Å². The quantitative estimate of drug-likeness (QED) is 0.148. The molecule has 0 radical (unpaired) electrons. The third-order valence-corrected chi connectivity index (χ3v) is 8.36. The summed E-state index contributed by atoms with van der Waals surface area (Å²) < 4.78 is 17.5. The summed E-state index contributed by atoms with van der Waals surface area (Å²) in [6, 6.07) is 46.3. The molecule has 1 aromatic heterocycles. The van der Waals surface area contributed by atoms with Gasteiger partial charge in [-0.1, -0.05) is 110 Å². The third kappa shape index (κ3) is 5.43. The molecule has 0 amide bonds. The van der Waals surface area contributed by atoms with Gasteiger partial charge < -0.3 is 4.90 Å². The summed E-state index contributed by atoms with van der Waals surface area (Å²) in [6.07, 6.45) is 2.62. The molecule has 0 aliphatic rings. The minimum absolute atomic E-state index is 0.207. The predicted octanol–water partition coefficient (Wildman–Crippen LogP) is 9.40. The van der Waals surface area contributed by atoms with E-state index < -0.39 is 5.54 Å². The van der Waals surface area contributed by atoms with Gasteiger partial charge in [0.05, 0.1) is 18.2 Å². The molecule has 0 fully saturated rings. The van der Waals surface area contributed by atoms with Gasteiger partial charge in [0.2, 0.25) is 5.95 Å². The van der Waals surface area contributed by atoms with E-state index in [4.69, 9.17) is 4.98 Å². The lowest BCUT2D eigenvalue weighted by Crippen LogP contribution is -2.39. The zero-order valence-corrected chi connectivity index (χ0v) is 25.8. The summed E-state index contributed by atoms with van der Waals surface area (Å²) in [5.74, 6) is 0.474. The average molecular weight is 642 g/mol. The Kier molecular flexibility index (Phi) is 8.40. The van der Waals surface area contributed by atoms with Gasteiger partial charge in [-0.15, -0.1) is 0 Å². The normalized spacial score (nSPS) is 11.2. The van der Waals surface area contributed by atoms with Gasteiger partial charge >= 0.3 is 0 Å². The predicted molar refractivity (Wildman–Crippen MR) is 177 cm³/mol. The number of hydrogen-bond donors (Lipinski definition) is 0. The Balaban J connectivity index is 1.66. The average Bonchev–Trinajstić information content (AvgIpc) is 3.47. The molecule has 216 valence electrons. The van der Waals surface area contributed by atoms with Crippen LogP contribution in [0.4, 0.5) is 16.0 Å². The van der Waals surface area contributed by atoms with E-state index in [9.17, 15) is 9.65 Å². The van der Waals surface area contributed by atoms with Crippen LogP contribution in [-0.2, 0) is 18.5 Å². The number of aromatic nitrogens is 2. The van der Waals surface area contributed by atoms with Crippen molar-refractivity contribution in [1.82, 2.24) is 9.55 Å². The molecule has 0 saturated carbocycles. The summed E-state index contributed by atoms with van der Waals surface area (Å²) >= 11 is 3.72. The fourth-order valence-corrected chi connectivity index (χ4v) is 6.27. The second kappa shape index (κ2) is 12.7. The number of anilines is 2. The van der Waals surface area contributed by atoms with Crippen LogP contribution in [0.2, 0.25) is 0 Å². The Morgan fingerprint density at radius 1 is 0.795 bits per heavy atom. The summed E-state index contributed by atoms with van der Waals surface area (Å²) in [4.78, 5) is 7.22. The SMILES string of the molecule is CCc1cc(CN(c2ccc(C#N)cc2)c2nc(Br)cn2C(c2ccccc2)(c2ccccc2)c2ccccc2)ccc1F.